The average Bonchev–Trinajstić information content (AvgIpc) is 2.16. The fraction of sp³-hybridized carbons (Fsp3) is 0.100. The van der Waals surface area contributed by atoms with Gasteiger partial charge in [0, 0.05) is 20.5 Å². The number of nitrogens with zero attached hydrogens (tertiary/aromatic N) is 1. The summed E-state index contributed by atoms with van der Waals surface area (Å²) in [5.74, 6) is 0. The Hall–Kier alpha value is 0.0700. The Labute approximate surface area is 107 Å². The van der Waals surface area contributed by atoms with Gasteiger partial charge in [0.2, 0.25) is 0 Å². The van der Waals surface area contributed by atoms with Gasteiger partial charge in [-0.1, -0.05) is 22.0 Å². The number of hydrogen-bond donors (Lipinski definition) is 0. The van der Waals surface area contributed by atoms with Crippen molar-refractivity contribution in [2.24, 2.45) is 0 Å². The van der Waals surface area contributed by atoms with Crippen molar-refractivity contribution >= 4 is 58.7 Å². The lowest BCUT2D eigenvalue weighted by Gasteiger charge is -2.06. The van der Waals surface area contributed by atoms with Gasteiger partial charge < -0.3 is 0 Å². The molecular formula is C10H6Br3N. The topological polar surface area (TPSA) is 12.9 Å². The molecule has 14 heavy (non-hydrogen) atoms. The molecule has 0 saturated heterocycles. The average molecular weight is 380 g/mol. The maximum atomic E-state index is 4.40. The first kappa shape index (κ1) is 10.6. The smallest absolute Gasteiger partial charge is 0.0754 e. The molecule has 0 unspecified atom stereocenters. The highest BCUT2D eigenvalue weighted by atomic mass is 79.9. The number of rotatable bonds is 0. The van der Waals surface area contributed by atoms with Crippen molar-refractivity contribution in [2.75, 3.05) is 0 Å². The van der Waals surface area contributed by atoms with Crippen LogP contribution in [0.2, 0.25) is 0 Å². The largest absolute Gasteiger partial charge is 0.255 e. The van der Waals surface area contributed by atoms with E-state index < -0.39 is 0 Å². The van der Waals surface area contributed by atoms with Crippen LogP contribution in [-0.2, 0) is 0 Å². The third kappa shape index (κ3) is 1.64. The van der Waals surface area contributed by atoms with E-state index in [9.17, 15) is 0 Å². The van der Waals surface area contributed by atoms with Crippen molar-refractivity contribution in [3.8, 4) is 0 Å². The molecule has 2 aromatic rings. The van der Waals surface area contributed by atoms with Crippen molar-refractivity contribution in [3.05, 3.63) is 37.3 Å². The maximum absolute atomic E-state index is 4.40. The summed E-state index contributed by atoms with van der Waals surface area (Å²) in [5, 5.41) is 1.11. The van der Waals surface area contributed by atoms with Crippen LogP contribution in [-0.4, -0.2) is 4.98 Å². The Morgan fingerprint density at radius 1 is 1.07 bits per heavy atom. The lowest BCUT2D eigenvalue weighted by atomic mass is 10.1. The summed E-state index contributed by atoms with van der Waals surface area (Å²) < 4.78 is 3.06. The predicted octanol–water partition coefficient (Wildman–Crippen LogP) is 4.83. The van der Waals surface area contributed by atoms with E-state index in [1.165, 1.54) is 5.56 Å². The minimum absolute atomic E-state index is 0.969. The Balaban J connectivity index is 3.01. The number of fused-ring (bicyclic) bond motifs is 1. The minimum atomic E-state index is 0.969. The van der Waals surface area contributed by atoms with Crippen LogP contribution in [0.15, 0.2) is 31.7 Å². The summed E-state index contributed by atoms with van der Waals surface area (Å²) in [6, 6.07) is 4.09. The summed E-state index contributed by atoms with van der Waals surface area (Å²) >= 11 is 10.5. The molecule has 0 aliphatic carbocycles. The van der Waals surface area contributed by atoms with Gasteiger partial charge in [-0.2, -0.15) is 0 Å². The van der Waals surface area contributed by atoms with Crippen LogP contribution in [0.1, 0.15) is 5.56 Å². The predicted molar refractivity (Wildman–Crippen MR) is 69.6 cm³/mol. The van der Waals surface area contributed by atoms with Gasteiger partial charge in [0.25, 0.3) is 0 Å². The van der Waals surface area contributed by atoms with Crippen LogP contribution in [0.25, 0.3) is 10.9 Å². The Morgan fingerprint density at radius 2 is 1.79 bits per heavy atom. The molecule has 0 aliphatic rings. The Kier molecular flexibility index (Phi) is 2.96. The van der Waals surface area contributed by atoms with Crippen LogP contribution >= 0.6 is 47.8 Å². The van der Waals surface area contributed by atoms with E-state index in [1.807, 2.05) is 12.3 Å². The molecule has 0 amide bonds. The minimum Gasteiger partial charge on any atom is -0.255 e. The van der Waals surface area contributed by atoms with E-state index in [2.05, 4.69) is 65.8 Å². The van der Waals surface area contributed by atoms with Gasteiger partial charge in [-0.3, -0.25) is 4.98 Å². The second-order valence-corrected chi connectivity index (χ2v) is 5.51. The summed E-state index contributed by atoms with van der Waals surface area (Å²) in [5.41, 5.74) is 2.20. The van der Waals surface area contributed by atoms with E-state index >= 15 is 0 Å². The summed E-state index contributed by atoms with van der Waals surface area (Å²) in [4.78, 5) is 4.40. The van der Waals surface area contributed by atoms with Crippen molar-refractivity contribution in [2.45, 2.75) is 6.92 Å². The SMILES string of the molecule is Cc1ccc(Br)c2c(Br)c(Br)cnc12. The van der Waals surface area contributed by atoms with Crippen molar-refractivity contribution in [1.29, 1.82) is 0 Å². The van der Waals surface area contributed by atoms with Crippen LogP contribution in [0.4, 0.5) is 0 Å². The molecule has 0 fully saturated rings. The third-order valence-corrected chi connectivity index (χ3v) is 4.68. The van der Waals surface area contributed by atoms with E-state index in [-0.39, 0.29) is 0 Å². The van der Waals surface area contributed by atoms with Crippen molar-refractivity contribution in [1.82, 2.24) is 4.98 Å². The van der Waals surface area contributed by atoms with Gasteiger partial charge in [-0.15, -0.1) is 0 Å². The number of pyridine rings is 1. The first-order chi connectivity index (χ1) is 6.61. The summed E-state index contributed by atoms with van der Waals surface area (Å²) in [6.45, 7) is 2.06. The third-order valence-electron chi connectivity index (χ3n) is 2.06. The molecule has 1 aromatic heterocycles. The van der Waals surface area contributed by atoms with E-state index in [0.717, 1.165) is 24.3 Å². The first-order valence-corrected chi connectivity index (χ1v) is 6.38. The standard InChI is InChI=1S/C10H6Br3N/c1-5-2-3-6(11)8-9(13)7(12)4-14-10(5)8/h2-4H,1H3. The maximum Gasteiger partial charge on any atom is 0.0754 e. The van der Waals surface area contributed by atoms with Gasteiger partial charge in [0.15, 0.2) is 0 Å². The monoisotopic (exact) mass is 377 g/mol. The van der Waals surface area contributed by atoms with E-state index in [4.69, 9.17) is 0 Å². The highest BCUT2D eigenvalue weighted by molar-refractivity contribution is 9.13. The van der Waals surface area contributed by atoms with Gasteiger partial charge >= 0.3 is 0 Å². The van der Waals surface area contributed by atoms with Crippen LogP contribution < -0.4 is 0 Å². The second kappa shape index (κ2) is 3.91. The molecule has 4 heteroatoms. The molecule has 0 saturated carbocycles. The van der Waals surface area contributed by atoms with Gasteiger partial charge in [0.05, 0.1) is 9.99 Å². The number of aryl methyl sites for hydroxylation is 1. The van der Waals surface area contributed by atoms with Gasteiger partial charge in [0.1, 0.15) is 0 Å². The van der Waals surface area contributed by atoms with Crippen LogP contribution in [0.3, 0.4) is 0 Å². The molecule has 0 bridgehead atoms. The second-order valence-electron chi connectivity index (χ2n) is 3.01. The fourth-order valence-electron chi connectivity index (χ4n) is 1.34. The quantitative estimate of drug-likeness (QED) is 0.638. The first-order valence-electron chi connectivity index (χ1n) is 4.00. The molecule has 2 rings (SSSR count). The molecule has 1 nitrogen and oxygen atoms in total. The molecule has 1 heterocycles. The van der Waals surface area contributed by atoms with Crippen molar-refractivity contribution < 1.29 is 0 Å². The number of aromatic nitrogens is 1. The molecule has 0 spiro atoms. The normalized spacial score (nSPS) is 10.9. The Morgan fingerprint density at radius 3 is 2.50 bits per heavy atom. The van der Waals surface area contributed by atoms with Crippen LogP contribution in [0.5, 0.6) is 0 Å². The molecule has 0 atom stereocenters. The van der Waals surface area contributed by atoms with Gasteiger partial charge in [-0.05, 0) is 50.4 Å². The highest BCUT2D eigenvalue weighted by Gasteiger charge is 2.09. The zero-order chi connectivity index (χ0) is 10.3. The highest BCUT2D eigenvalue weighted by Crippen LogP contribution is 2.35. The zero-order valence-corrected chi connectivity index (χ0v) is 12.1. The molecular weight excluding hydrogens is 374 g/mol. The van der Waals surface area contributed by atoms with E-state index in [1.54, 1.807) is 0 Å². The van der Waals surface area contributed by atoms with Crippen LogP contribution in [0, 0.1) is 6.92 Å². The number of benzene rings is 1. The Bertz CT molecular complexity index is 508. The van der Waals surface area contributed by atoms with E-state index in [0.29, 0.717) is 0 Å². The summed E-state index contributed by atoms with van der Waals surface area (Å²) in [7, 11) is 0. The molecule has 1 aromatic carbocycles. The molecule has 72 valence electrons. The zero-order valence-electron chi connectivity index (χ0n) is 7.31. The molecule has 0 radical (unpaired) electrons. The lowest BCUT2D eigenvalue weighted by Crippen LogP contribution is -1.86. The number of hydrogen-bond acceptors (Lipinski definition) is 1. The molecule has 0 N–H and O–H groups in total. The molecule has 0 aliphatic heterocycles. The number of halogens is 3. The fourth-order valence-corrected chi connectivity index (χ4v) is 2.93. The van der Waals surface area contributed by atoms with Gasteiger partial charge in [-0.25, -0.2) is 0 Å². The summed E-state index contributed by atoms with van der Waals surface area (Å²) in [6.07, 6.45) is 1.81. The van der Waals surface area contributed by atoms with Crippen molar-refractivity contribution in [3.63, 3.8) is 0 Å². The lowest BCUT2D eigenvalue weighted by molar-refractivity contribution is 1.33.